The van der Waals surface area contributed by atoms with E-state index in [4.69, 9.17) is 11.6 Å². The van der Waals surface area contributed by atoms with Crippen LogP contribution >= 0.6 is 22.9 Å². The third-order valence-electron chi connectivity index (χ3n) is 2.96. The zero-order valence-electron chi connectivity index (χ0n) is 11.3. The molecule has 3 nitrogen and oxygen atoms in total. The lowest BCUT2D eigenvalue weighted by molar-refractivity contribution is 0.683. The Morgan fingerprint density at radius 1 is 1.10 bits per heavy atom. The van der Waals surface area contributed by atoms with E-state index in [1.165, 1.54) is 5.56 Å². The predicted molar refractivity (Wildman–Crippen MR) is 87.3 cm³/mol. The standard InChI is InChI=1S/C16H14ClN3S/c17-13-5-3-4-12(8-13)9-18-10-14-11-21-16(20-14)15-6-1-2-7-19-15/h1-8,11,18H,9-10H2. The molecule has 5 heteroatoms. The Kier molecular flexibility index (Phi) is 4.60. The summed E-state index contributed by atoms with van der Waals surface area (Å²) in [6.45, 7) is 1.51. The maximum Gasteiger partial charge on any atom is 0.142 e. The number of hydrogen-bond acceptors (Lipinski definition) is 4. The minimum atomic E-state index is 0.732. The van der Waals surface area contributed by atoms with E-state index in [0.29, 0.717) is 0 Å². The summed E-state index contributed by atoms with van der Waals surface area (Å²) >= 11 is 7.58. The van der Waals surface area contributed by atoms with Gasteiger partial charge in [-0.25, -0.2) is 4.98 Å². The van der Waals surface area contributed by atoms with Crippen LogP contribution in [0.1, 0.15) is 11.3 Å². The second-order valence-corrected chi connectivity index (χ2v) is 5.89. The van der Waals surface area contributed by atoms with Crippen molar-refractivity contribution in [2.24, 2.45) is 0 Å². The second-order valence-electron chi connectivity index (χ2n) is 4.59. The molecular formula is C16H14ClN3S. The average Bonchev–Trinajstić information content (AvgIpc) is 2.97. The molecule has 0 bridgehead atoms. The number of nitrogens with one attached hydrogen (secondary N) is 1. The normalized spacial score (nSPS) is 10.7. The van der Waals surface area contributed by atoms with E-state index in [2.05, 4.69) is 26.7 Å². The first-order chi connectivity index (χ1) is 10.3. The predicted octanol–water partition coefficient (Wildman–Crippen LogP) is 4.15. The summed E-state index contributed by atoms with van der Waals surface area (Å²) in [5, 5.41) is 7.16. The van der Waals surface area contributed by atoms with Crippen molar-refractivity contribution in [1.29, 1.82) is 0 Å². The van der Waals surface area contributed by atoms with Crippen molar-refractivity contribution in [1.82, 2.24) is 15.3 Å². The van der Waals surface area contributed by atoms with Gasteiger partial charge in [0.25, 0.3) is 0 Å². The molecule has 0 spiro atoms. The number of nitrogens with zero attached hydrogens (tertiary/aromatic N) is 2. The summed E-state index contributed by atoms with van der Waals surface area (Å²) in [7, 11) is 0. The zero-order valence-corrected chi connectivity index (χ0v) is 12.9. The van der Waals surface area contributed by atoms with Gasteiger partial charge in [0, 0.05) is 29.7 Å². The Morgan fingerprint density at radius 2 is 2.05 bits per heavy atom. The highest BCUT2D eigenvalue weighted by Crippen LogP contribution is 2.21. The molecule has 1 aromatic carbocycles. The molecule has 0 fully saturated rings. The first-order valence-corrected chi connectivity index (χ1v) is 7.88. The van der Waals surface area contributed by atoms with Gasteiger partial charge >= 0.3 is 0 Å². The van der Waals surface area contributed by atoms with Gasteiger partial charge in [0.05, 0.1) is 11.4 Å². The van der Waals surface area contributed by atoms with Crippen LogP contribution in [0.15, 0.2) is 54.0 Å². The van der Waals surface area contributed by atoms with Crippen LogP contribution in [0, 0.1) is 0 Å². The molecule has 3 rings (SSSR count). The van der Waals surface area contributed by atoms with Gasteiger partial charge in [-0.2, -0.15) is 0 Å². The van der Waals surface area contributed by atoms with Gasteiger partial charge in [-0.05, 0) is 29.8 Å². The van der Waals surface area contributed by atoms with E-state index in [0.717, 1.165) is 34.5 Å². The van der Waals surface area contributed by atoms with Crippen molar-refractivity contribution in [2.45, 2.75) is 13.1 Å². The van der Waals surface area contributed by atoms with E-state index < -0.39 is 0 Å². The Morgan fingerprint density at radius 3 is 2.86 bits per heavy atom. The van der Waals surface area contributed by atoms with Gasteiger partial charge in [-0.1, -0.05) is 29.8 Å². The van der Waals surface area contributed by atoms with Gasteiger partial charge in [0.15, 0.2) is 0 Å². The summed E-state index contributed by atoms with van der Waals surface area (Å²) in [6.07, 6.45) is 1.79. The maximum atomic E-state index is 5.97. The first-order valence-electron chi connectivity index (χ1n) is 6.62. The van der Waals surface area contributed by atoms with Crippen LogP contribution in [0.4, 0.5) is 0 Å². The van der Waals surface area contributed by atoms with Crippen LogP contribution in [-0.2, 0) is 13.1 Å². The lowest BCUT2D eigenvalue weighted by Gasteiger charge is -2.03. The number of pyridine rings is 1. The molecule has 2 aromatic heterocycles. The topological polar surface area (TPSA) is 37.8 Å². The minimum Gasteiger partial charge on any atom is -0.307 e. The summed E-state index contributed by atoms with van der Waals surface area (Å²) in [5.74, 6) is 0. The molecule has 0 unspecified atom stereocenters. The average molecular weight is 316 g/mol. The molecule has 106 valence electrons. The highest BCUT2D eigenvalue weighted by atomic mass is 35.5. The van der Waals surface area contributed by atoms with Crippen molar-refractivity contribution in [3.05, 3.63) is 70.3 Å². The fourth-order valence-corrected chi connectivity index (χ4v) is 2.98. The number of halogens is 1. The molecule has 0 saturated heterocycles. The van der Waals surface area contributed by atoms with E-state index >= 15 is 0 Å². The van der Waals surface area contributed by atoms with Crippen LogP contribution in [0.25, 0.3) is 10.7 Å². The Balaban J connectivity index is 1.58. The molecule has 0 amide bonds. The molecule has 1 N–H and O–H groups in total. The Bertz CT molecular complexity index is 712. The van der Waals surface area contributed by atoms with Crippen molar-refractivity contribution in [2.75, 3.05) is 0 Å². The molecule has 0 aliphatic carbocycles. The maximum absolute atomic E-state index is 5.97. The third-order valence-corrected chi connectivity index (χ3v) is 4.11. The summed E-state index contributed by atoms with van der Waals surface area (Å²) in [6, 6.07) is 13.7. The summed E-state index contributed by atoms with van der Waals surface area (Å²) in [5.41, 5.74) is 3.12. The van der Waals surface area contributed by atoms with Crippen LogP contribution in [-0.4, -0.2) is 9.97 Å². The summed E-state index contributed by atoms with van der Waals surface area (Å²) < 4.78 is 0. The fraction of sp³-hybridized carbons (Fsp3) is 0.125. The van der Waals surface area contributed by atoms with Crippen LogP contribution < -0.4 is 5.32 Å². The SMILES string of the molecule is Clc1cccc(CNCc2csc(-c3ccccn3)n2)c1. The van der Waals surface area contributed by atoms with Crippen molar-refractivity contribution < 1.29 is 0 Å². The van der Waals surface area contributed by atoms with Crippen LogP contribution in [0.5, 0.6) is 0 Å². The number of rotatable bonds is 5. The molecule has 0 aliphatic heterocycles. The Hall–Kier alpha value is -1.75. The largest absolute Gasteiger partial charge is 0.307 e. The van der Waals surface area contributed by atoms with Crippen molar-refractivity contribution in [3.8, 4) is 10.7 Å². The minimum absolute atomic E-state index is 0.732. The van der Waals surface area contributed by atoms with Gasteiger partial charge in [0.1, 0.15) is 5.01 Å². The lowest BCUT2D eigenvalue weighted by atomic mass is 10.2. The molecule has 3 aromatic rings. The van der Waals surface area contributed by atoms with Gasteiger partial charge in [0.2, 0.25) is 0 Å². The Labute approximate surface area is 132 Å². The number of benzene rings is 1. The second kappa shape index (κ2) is 6.80. The highest BCUT2D eigenvalue weighted by molar-refractivity contribution is 7.13. The summed E-state index contributed by atoms with van der Waals surface area (Å²) in [4.78, 5) is 8.91. The number of aromatic nitrogens is 2. The highest BCUT2D eigenvalue weighted by Gasteiger charge is 2.05. The molecule has 0 radical (unpaired) electrons. The van der Waals surface area contributed by atoms with Gasteiger partial charge in [-0.3, -0.25) is 4.98 Å². The lowest BCUT2D eigenvalue weighted by Crippen LogP contribution is -2.12. The van der Waals surface area contributed by atoms with Crippen LogP contribution in [0.3, 0.4) is 0 Å². The quantitative estimate of drug-likeness (QED) is 0.768. The van der Waals surface area contributed by atoms with Crippen molar-refractivity contribution in [3.63, 3.8) is 0 Å². The van der Waals surface area contributed by atoms with E-state index in [-0.39, 0.29) is 0 Å². The van der Waals surface area contributed by atoms with Crippen LogP contribution in [0.2, 0.25) is 5.02 Å². The monoisotopic (exact) mass is 315 g/mol. The van der Waals surface area contributed by atoms with Gasteiger partial charge < -0.3 is 5.32 Å². The molecule has 0 saturated carbocycles. The van der Waals surface area contributed by atoms with E-state index in [1.54, 1.807) is 17.5 Å². The smallest absolute Gasteiger partial charge is 0.142 e. The molecule has 0 aliphatic rings. The molecule has 21 heavy (non-hydrogen) atoms. The van der Waals surface area contributed by atoms with E-state index in [1.807, 2.05) is 36.4 Å². The zero-order chi connectivity index (χ0) is 14.5. The van der Waals surface area contributed by atoms with E-state index in [9.17, 15) is 0 Å². The molecule has 0 atom stereocenters. The molecule has 2 heterocycles. The first kappa shape index (κ1) is 14.2. The number of thiazole rings is 1. The molecular weight excluding hydrogens is 302 g/mol. The van der Waals surface area contributed by atoms with Crippen molar-refractivity contribution >= 4 is 22.9 Å². The van der Waals surface area contributed by atoms with Gasteiger partial charge in [-0.15, -0.1) is 11.3 Å². The third kappa shape index (κ3) is 3.88. The fourth-order valence-electron chi connectivity index (χ4n) is 1.98. The number of hydrogen-bond donors (Lipinski definition) is 1.